The number of nitrogens with zero attached hydrogens (tertiary/aromatic N) is 2. The van der Waals surface area contributed by atoms with Gasteiger partial charge in [0, 0.05) is 12.2 Å². The fraction of sp³-hybridized carbons (Fsp3) is 0.556. The topological polar surface area (TPSA) is 91.3 Å². The van der Waals surface area contributed by atoms with Crippen molar-refractivity contribution in [1.29, 1.82) is 0 Å². The van der Waals surface area contributed by atoms with E-state index in [1.54, 1.807) is 17.0 Å². The highest BCUT2D eigenvalue weighted by Crippen LogP contribution is 2.18. The number of amides is 2. The molecule has 7 heteroatoms. The van der Waals surface area contributed by atoms with Gasteiger partial charge in [-0.05, 0) is 43.5 Å². The highest BCUT2D eigenvalue weighted by Gasteiger charge is 2.33. The SMILES string of the molecule is NC(=O)[C@@H]1CCCCN1C(=O)C[NH+]1CCN(c2ccc(O)cc2)CC1. The minimum atomic E-state index is -0.432. The standard InChI is InChI=1S/C18H26N4O3/c19-18(25)16-3-1-2-8-22(16)17(24)13-20-9-11-21(12-10-20)14-4-6-15(23)7-5-14/h4-7,16,23H,1-3,8-13H2,(H2,19,25)/p+1/t16-/m0/s1. The van der Waals surface area contributed by atoms with Crippen LogP contribution in [0.1, 0.15) is 19.3 Å². The van der Waals surface area contributed by atoms with Crippen LogP contribution in [-0.4, -0.2) is 67.1 Å². The molecule has 0 aromatic heterocycles. The molecular weight excluding hydrogens is 320 g/mol. The molecule has 0 unspecified atom stereocenters. The average molecular weight is 347 g/mol. The lowest BCUT2D eigenvalue weighted by Crippen LogP contribution is -3.16. The fourth-order valence-electron chi connectivity index (χ4n) is 3.76. The molecule has 1 aromatic rings. The maximum Gasteiger partial charge on any atom is 0.278 e. The van der Waals surface area contributed by atoms with E-state index in [9.17, 15) is 14.7 Å². The Labute approximate surface area is 148 Å². The van der Waals surface area contributed by atoms with Crippen LogP contribution in [-0.2, 0) is 9.59 Å². The van der Waals surface area contributed by atoms with Gasteiger partial charge in [-0.25, -0.2) is 0 Å². The van der Waals surface area contributed by atoms with Crippen LogP contribution in [0, 0.1) is 0 Å². The van der Waals surface area contributed by atoms with Crippen molar-refractivity contribution in [2.24, 2.45) is 5.73 Å². The van der Waals surface area contributed by atoms with E-state index in [1.807, 2.05) is 12.1 Å². The lowest BCUT2D eigenvalue weighted by atomic mass is 10.0. The number of rotatable bonds is 4. The van der Waals surface area contributed by atoms with E-state index in [0.717, 1.165) is 44.7 Å². The fourth-order valence-corrected chi connectivity index (χ4v) is 3.76. The number of phenolic OH excluding ortho intramolecular Hbond substituents is 1. The summed E-state index contributed by atoms with van der Waals surface area (Å²) < 4.78 is 0. The van der Waals surface area contributed by atoms with Gasteiger partial charge in [-0.2, -0.15) is 0 Å². The first kappa shape index (κ1) is 17.5. The lowest BCUT2D eigenvalue weighted by Gasteiger charge is -2.37. The van der Waals surface area contributed by atoms with Crippen molar-refractivity contribution < 1.29 is 19.6 Å². The second kappa shape index (κ2) is 7.74. The summed E-state index contributed by atoms with van der Waals surface area (Å²) in [6.07, 6.45) is 2.58. The molecule has 136 valence electrons. The number of hydrogen-bond acceptors (Lipinski definition) is 4. The van der Waals surface area contributed by atoms with Gasteiger partial charge in [-0.1, -0.05) is 0 Å². The Balaban J connectivity index is 1.52. The van der Waals surface area contributed by atoms with Crippen molar-refractivity contribution in [2.45, 2.75) is 25.3 Å². The van der Waals surface area contributed by atoms with E-state index in [2.05, 4.69) is 4.90 Å². The molecule has 3 rings (SSSR count). The van der Waals surface area contributed by atoms with Crippen molar-refractivity contribution in [2.75, 3.05) is 44.2 Å². The third-order valence-electron chi connectivity index (χ3n) is 5.24. The highest BCUT2D eigenvalue weighted by molar-refractivity contribution is 5.87. The Bertz CT molecular complexity index is 611. The van der Waals surface area contributed by atoms with Crippen LogP contribution >= 0.6 is 0 Å². The quantitative estimate of drug-likeness (QED) is 0.649. The number of likely N-dealkylation sites (tertiary alicyclic amines) is 1. The highest BCUT2D eigenvalue weighted by atomic mass is 16.3. The number of piperazine rings is 1. The third-order valence-corrected chi connectivity index (χ3v) is 5.24. The summed E-state index contributed by atoms with van der Waals surface area (Å²) in [5, 5.41) is 9.38. The van der Waals surface area contributed by atoms with E-state index in [1.165, 1.54) is 4.90 Å². The number of benzene rings is 1. The Morgan fingerprint density at radius 1 is 1.12 bits per heavy atom. The number of quaternary nitrogens is 1. The first-order valence-electron chi connectivity index (χ1n) is 9.01. The van der Waals surface area contributed by atoms with Gasteiger partial charge in [-0.15, -0.1) is 0 Å². The molecule has 1 aromatic carbocycles. The van der Waals surface area contributed by atoms with Gasteiger partial charge >= 0.3 is 0 Å². The molecule has 0 aliphatic carbocycles. The normalized spacial score (nSPS) is 22.0. The molecule has 0 bridgehead atoms. The van der Waals surface area contributed by atoms with Crippen molar-refractivity contribution >= 4 is 17.5 Å². The maximum atomic E-state index is 12.6. The van der Waals surface area contributed by atoms with Crippen LogP contribution < -0.4 is 15.5 Å². The number of nitrogens with one attached hydrogen (secondary N) is 1. The van der Waals surface area contributed by atoms with E-state index in [-0.39, 0.29) is 17.6 Å². The minimum Gasteiger partial charge on any atom is -0.508 e. The van der Waals surface area contributed by atoms with E-state index >= 15 is 0 Å². The molecule has 4 N–H and O–H groups in total. The van der Waals surface area contributed by atoms with Gasteiger partial charge in [-0.3, -0.25) is 9.59 Å². The summed E-state index contributed by atoms with van der Waals surface area (Å²) in [5.41, 5.74) is 6.55. The van der Waals surface area contributed by atoms with E-state index in [0.29, 0.717) is 19.5 Å². The van der Waals surface area contributed by atoms with Crippen molar-refractivity contribution in [3.05, 3.63) is 24.3 Å². The average Bonchev–Trinajstić information content (AvgIpc) is 2.63. The Kier molecular flexibility index (Phi) is 5.43. The zero-order chi connectivity index (χ0) is 17.8. The molecule has 2 aliphatic rings. The second-order valence-electron chi connectivity index (χ2n) is 6.93. The van der Waals surface area contributed by atoms with Crippen LogP contribution in [0.2, 0.25) is 0 Å². The molecule has 25 heavy (non-hydrogen) atoms. The Morgan fingerprint density at radius 3 is 2.44 bits per heavy atom. The van der Waals surface area contributed by atoms with Gasteiger partial charge < -0.3 is 25.5 Å². The van der Waals surface area contributed by atoms with Gasteiger partial charge in [0.2, 0.25) is 5.91 Å². The molecule has 0 spiro atoms. The number of carbonyl (C=O) groups is 2. The number of piperidine rings is 1. The zero-order valence-corrected chi connectivity index (χ0v) is 14.5. The molecule has 2 amide bonds. The molecule has 2 fully saturated rings. The van der Waals surface area contributed by atoms with E-state index < -0.39 is 6.04 Å². The van der Waals surface area contributed by atoms with Crippen LogP contribution in [0.15, 0.2) is 24.3 Å². The molecule has 7 nitrogen and oxygen atoms in total. The summed E-state index contributed by atoms with van der Waals surface area (Å²) in [4.78, 5) is 29.4. The second-order valence-corrected chi connectivity index (χ2v) is 6.93. The van der Waals surface area contributed by atoms with Crippen LogP contribution in [0.4, 0.5) is 5.69 Å². The summed E-state index contributed by atoms with van der Waals surface area (Å²) in [7, 11) is 0. The number of primary amides is 1. The number of phenols is 1. The molecule has 2 aliphatic heterocycles. The van der Waals surface area contributed by atoms with Crippen LogP contribution in [0.5, 0.6) is 5.75 Å². The predicted octanol–water partition coefficient (Wildman–Crippen LogP) is -1.04. The van der Waals surface area contributed by atoms with Gasteiger partial charge in [0.25, 0.3) is 5.91 Å². The van der Waals surface area contributed by atoms with Crippen LogP contribution in [0.3, 0.4) is 0 Å². The molecule has 2 heterocycles. The van der Waals surface area contributed by atoms with Gasteiger partial charge in [0.1, 0.15) is 11.8 Å². The number of aromatic hydroxyl groups is 1. The van der Waals surface area contributed by atoms with E-state index in [4.69, 9.17) is 5.73 Å². The zero-order valence-electron chi connectivity index (χ0n) is 14.5. The van der Waals surface area contributed by atoms with Gasteiger partial charge in [0.05, 0.1) is 26.2 Å². The van der Waals surface area contributed by atoms with Gasteiger partial charge in [0.15, 0.2) is 6.54 Å². The molecule has 1 atom stereocenters. The minimum absolute atomic E-state index is 0.0385. The summed E-state index contributed by atoms with van der Waals surface area (Å²) >= 11 is 0. The molecule has 0 saturated carbocycles. The summed E-state index contributed by atoms with van der Waals surface area (Å²) in [6, 6.07) is 6.78. The largest absolute Gasteiger partial charge is 0.508 e. The first-order chi connectivity index (χ1) is 12.0. The molecule has 0 radical (unpaired) electrons. The summed E-state index contributed by atoms with van der Waals surface area (Å²) in [5.74, 6) is -0.0825. The first-order valence-corrected chi connectivity index (χ1v) is 9.01. The Hall–Kier alpha value is -2.28. The van der Waals surface area contributed by atoms with Crippen molar-refractivity contribution in [1.82, 2.24) is 4.90 Å². The number of carbonyl (C=O) groups excluding carboxylic acids is 2. The lowest BCUT2D eigenvalue weighted by molar-refractivity contribution is -0.892. The molecule has 2 saturated heterocycles. The van der Waals surface area contributed by atoms with Crippen molar-refractivity contribution in [3.63, 3.8) is 0 Å². The third kappa shape index (κ3) is 4.22. The number of hydrogen-bond donors (Lipinski definition) is 3. The summed E-state index contributed by atoms with van der Waals surface area (Å²) in [6.45, 7) is 4.55. The predicted molar refractivity (Wildman–Crippen MR) is 94.4 cm³/mol. The number of anilines is 1. The molecular formula is C18H27N4O3+. The monoisotopic (exact) mass is 347 g/mol. The number of nitrogens with two attached hydrogens (primary N) is 1. The van der Waals surface area contributed by atoms with Crippen LogP contribution in [0.25, 0.3) is 0 Å². The Morgan fingerprint density at radius 2 is 1.80 bits per heavy atom. The smallest absolute Gasteiger partial charge is 0.278 e. The maximum absolute atomic E-state index is 12.6. The van der Waals surface area contributed by atoms with Crippen molar-refractivity contribution in [3.8, 4) is 5.75 Å².